The van der Waals surface area contributed by atoms with Crippen LogP contribution in [0.15, 0.2) is 41.4 Å². The van der Waals surface area contributed by atoms with Gasteiger partial charge in [0.25, 0.3) is 0 Å². The number of nitrogens with one attached hydrogen (secondary N) is 1. The Morgan fingerprint density at radius 3 is 2.62 bits per heavy atom. The average Bonchev–Trinajstić information content (AvgIpc) is 2.53. The molecule has 0 unspecified atom stereocenters. The summed E-state index contributed by atoms with van der Waals surface area (Å²) in [5, 5.41) is 3.94. The van der Waals surface area contributed by atoms with Crippen LogP contribution >= 0.6 is 11.6 Å². The largest absolute Gasteiger partial charge is 0.496 e. The molecular weight excluding hydrogens is 324 g/mol. The van der Waals surface area contributed by atoms with Crippen molar-refractivity contribution in [2.45, 2.75) is 26.5 Å². The molecule has 1 aliphatic rings. The van der Waals surface area contributed by atoms with Gasteiger partial charge in [-0.05, 0) is 51.1 Å². The quantitative estimate of drug-likeness (QED) is 0.870. The molecule has 126 valence electrons. The van der Waals surface area contributed by atoms with E-state index in [4.69, 9.17) is 26.1 Å². The van der Waals surface area contributed by atoms with Crippen molar-refractivity contribution in [3.8, 4) is 11.5 Å². The van der Waals surface area contributed by atoms with Gasteiger partial charge in [-0.15, -0.1) is 0 Å². The van der Waals surface area contributed by atoms with Crippen LogP contribution in [0.4, 0.5) is 5.69 Å². The molecule has 1 N–H and O–H groups in total. The zero-order valence-electron chi connectivity index (χ0n) is 14.3. The maximum atomic E-state index is 6.09. The second-order valence-corrected chi connectivity index (χ2v) is 6.53. The minimum Gasteiger partial charge on any atom is -0.496 e. The van der Waals surface area contributed by atoms with Crippen molar-refractivity contribution < 1.29 is 9.47 Å². The van der Waals surface area contributed by atoms with Crippen LogP contribution in [-0.2, 0) is 0 Å². The summed E-state index contributed by atoms with van der Waals surface area (Å²) in [4.78, 5) is 4.79. The molecule has 2 aromatic rings. The highest BCUT2D eigenvalue weighted by Gasteiger charge is 2.30. The molecule has 1 heterocycles. The van der Waals surface area contributed by atoms with Crippen molar-refractivity contribution in [1.29, 1.82) is 0 Å². The van der Waals surface area contributed by atoms with Crippen molar-refractivity contribution in [3.05, 3.63) is 52.5 Å². The van der Waals surface area contributed by atoms with Gasteiger partial charge in [0.15, 0.2) is 5.72 Å². The second-order valence-electron chi connectivity index (χ2n) is 6.10. The Kier molecular flexibility index (Phi) is 4.41. The van der Waals surface area contributed by atoms with Crippen LogP contribution in [0.1, 0.15) is 31.9 Å². The van der Waals surface area contributed by atoms with Crippen LogP contribution < -0.4 is 14.8 Å². The van der Waals surface area contributed by atoms with E-state index in [2.05, 4.69) is 12.2 Å². The molecule has 0 bridgehead atoms. The van der Waals surface area contributed by atoms with Gasteiger partial charge in [-0.3, -0.25) is 0 Å². The molecular formula is C19H21ClN2O2. The minimum atomic E-state index is -0.655. The molecule has 0 aromatic heterocycles. The smallest absolute Gasteiger partial charge is 0.195 e. The molecule has 0 spiro atoms. The Morgan fingerprint density at radius 1 is 1.17 bits per heavy atom. The third-order valence-electron chi connectivity index (χ3n) is 3.78. The van der Waals surface area contributed by atoms with E-state index < -0.39 is 5.72 Å². The van der Waals surface area contributed by atoms with Crippen LogP contribution in [0.5, 0.6) is 11.5 Å². The number of halogens is 1. The Morgan fingerprint density at radius 2 is 1.92 bits per heavy atom. The molecule has 5 heteroatoms. The number of ether oxygens (including phenoxy) is 2. The van der Waals surface area contributed by atoms with Gasteiger partial charge in [0.1, 0.15) is 11.5 Å². The molecule has 0 atom stereocenters. The van der Waals surface area contributed by atoms with Crippen molar-refractivity contribution in [1.82, 2.24) is 0 Å². The summed E-state index contributed by atoms with van der Waals surface area (Å²) in [6.07, 6.45) is 0. The number of hydrogen-bond acceptors (Lipinski definition) is 4. The monoisotopic (exact) mass is 344 g/mol. The molecule has 1 aliphatic heterocycles. The number of fused-ring (bicyclic) bond motifs is 1. The first-order valence-electron chi connectivity index (χ1n) is 7.94. The van der Waals surface area contributed by atoms with Crippen molar-refractivity contribution in [2.75, 3.05) is 19.0 Å². The van der Waals surface area contributed by atoms with Gasteiger partial charge < -0.3 is 14.8 Å². The number of aliphatic imine (C=N–C) groups is 1. The normalized spacial score (nSPS) is 15.1. The number of anilines is 1. The fraction of sp³-hybridized carbons (Fsp3) is 0.316. The van der Waals surface area contributed by atoms with Gasteiger partial charge in [-0.25, -0.2) is 4.99 Å². The predicted octanol–water partition coefficient (Wildman–Crippen LogP) is 4.75. The summed E-state index contributed by atoms with van der Waals surface area (Å²) in [6, 6.07) is 11.6. The van der Waals surface area contributed by atoms with Gasteiger partial charge >= 0.3 is 0 Å². The lowest BCUT2D eigenvalue weighted by molar-refractivity contribution is 0.115. The number of benzene rings is 2. The molecule has 2 aromatic carbocycles. The summed E-state index contributed by atoms with van der Waals surface area (Å²) in [5.74, 6) is 1.50. The molecule has 24 heavy (non-hydrogen) atoms. The molecule has 0 saturated carbocycles. The van der Waals surface area contributed by atoms with E-state index >= 15 is 0 Å². The SMILES string of the molecule is CCNc1ccc2c(c1)OC(C)(C)N=C2c1ccc(Cl)cc1OC. The molecule has 0 radical (unpaired) electrons. The third-order valence-corrected chi connectivity index (χ3v) is 4.01. The Labute approximate surface area is 147 Å². The number of methoxy groups -OCH3 is 1. The standard InChI is InChI=1S/C19H21ClN2O2/c1-5-21-13-7-9-15-17(11-13)24-19(2,3)22-18(15)14-8-6-12(20)10-16(14)23-4/h6-11,21H,5H2,1-4H3. The van der Waals surface area contributed by atoms with E-state index in [1.54, 1.807) is 13.2 Å². The fourth-order valence-corrected chi connectivity index (χ4v) is 2.97. The van der Waals surface area contributed by atoms with E-state index in [-0.39, 0.29) is 0 Å². The van der Waals surface area contributed by atoms with Gasteiger partial charge in [0.2, 0.25) is 0 Å². The fourth-order valence-electron chi connectivity index (χ4n) is 2.80. The van der Waals surface area contributed by atoms with Crippen molar-refractivity contribution in [2.24, 2.45) is 4.99 Å². The zero-order valence-corrected chi connectivity index (χ0v) is 15.1. The molecule has 0 fully saturated rings. The first kappa shape index (κ1) is 16.7. The van der Waals surface area contributed by atoms with Crippen LogP contribution in [0.25, 0.3) is 0 Å². The average molecular weight is 345 g/mol. The molecule has 0 saturated heterocycles. The van der Waals surface area contributed by atoms with Crippen molar-refractivity contribution in [3.63, 3.8) is 0 Å². The topological polar surface area (TPSA) is 42.8 Å². The lowest BCUT2D eigenvalue weighted by Gasteiger charge is -2.31. The van der Waals surface area contributed by atoms with E-state index in [9.17, 15) is 0 Å². The highest BCUT2D eigenvalue weighted by atomic mass is 35.5. The highest BCUT2D eigenvalue weighted by molar-refractivity contribution is 6.31. The summed E-state index contributed by atoms with van der Waals surface area (Å²) < 4.78 is 11.6. The van der Waals surface area contributed by atoms with Gasteiger partial charge in [0.05, 0.1) is 12.8 Å². The van der Waals surface area contributed by atoms with E-state index in [0.717, 1.165) is 34.8 Å². The summed E-state index contributed by atoms with van der Waals surface area (Å²) >= 11 is 6.09. The molecule has 0 amide bonds. The molecule has 3 rings (SSSR count). The van der Waals surface area contributed by atoms with Crippen LogP contribution in [0.2, 0.25) is 5.02 Å². The first-order valence-corrected chi connectivity index (χ1v) is 8.32. The predicted molar refractivity (Wildman–Crippen MR) is 99.0 cm³/mol. The van der Waals surface area contributed by atoms with Crippen LogP contribution in [-0.4, -0.2) is 25.1 Å². The maximum Gasteiger partial charge on any atom is 0.195 e. The van der Waals surface area contributed by atoms with Crippen LogP contribution in [0.3, 0.4) is 0 Å². The maximum absolute atomic E-state index is 6.09. The Hall–Kier alpha value is -2.20. The molecule has 4 nitrogen and oxygen atoms in total. The van der Waals surface area contributed by atoms with E-state index in [1.807, 2.05) is 44.2 Å². The molecule has 0 aliphatic carbocycles. The third kappa shape index (κ3) is 3.20. The number of rotatable bonds is 4. The zero-order chi connectivity index (χ0) is 17.3. The van der Waals surface area contributed by atoms with Gasteiger partial charge in [0, 0.05) is 34.4 Å². The summed E-state index contributed by atoms with van der Waals surface area (Å²) in [7, 11) is 1.63. The Balaban J connectivity index is 2.16. The summed E-state index contributed by atoms with van der Waals surface area (Å²) in [5.41, 5.74) is 3.05. The Bertz CT molecular complexity index is 800. The van der Waals surface area contributed by atoms with Crippen molar-refractivity contribution >= 4 is 23.0 Å². The van der Waals surface area contributed by atoms with Gasteiger partial charge in [-0.1, -0.05) is 11.6 Å². The van der Waals surface area contributed by atoms with E-state index in [1.165, 1.54) is 0 Å². The van der Waals surface area contributed by atoms with E-state index in [0.29, 0.717) is 10.8 Å². The van der Waals surface area contributed by atoms with Gasteiger partial charge in [-0.2, -0.15) is 0 Å². The minimum absolute atomic E-state index is 0.630. The summed E-state index contributed by atoms with van der Waals surface area (Å²) in [6.45, 7) is 6.81. The number of hydrogen-bond donors (Lipinski definition) is 1. The van der Waals surface area contributed by atoms with Crippen LogP contribution in [0, 0.1) is 0 Å². The lowest BCUT2D eigenvalue weighted by Crippen LogP contribution is -2.32. The highest BCUT2D eigenvalue weighted by Crippen LogP contribution is 2.37. The second kappa shape index (κ2) is 6.36. The first-order chi connectivity index (χ1) is 11.4. The number of nitrogens with zero attached hydrogens (tertiary/aromatic N) is 1. The lowest BCUT2D eigenvalue weighted by atomic mass is 9.97.